The van der Waals surface area contributed by atoms with E-state index in [2.05, 4.69) is 15.3 Å². The van der Waals surface area contributed by atoms with E-state index in [9.17, 15) is 4.39 Å². The van der Waals surface area contributed by atoms with Crippen molar-refractivity contribution in [3.8, 4) is 0 Å². The van der Waals surface area contributed by atoms with Gasteiger partial charge in [-0.2, -0.15) is 0 Å². The van der Waals surface area contributed by atoms with Crippen LogP contribution in [0.4, 0.5) is 4.39 Å². The third kappa shape index (κ3) is 2.96. The molecule has 2 aromatic heterocycles. The van der Waals surface area contributed by atoms with Gasteiger partial charge >= 0.3 is 0 Å². The largest absolute Gasteiger partial charge is 0.306 e. The van der Waals surface area contributed by atoms with Crippen molar-refractivity contribution < 1.29 is 4.39 Å². The van der Waals surface area contributed by atoms with Crippen LogP contribution in [0, 0.1) is 19.7 Å². The van der Waals surface area contributed by atoms with Gasteiger partial charge in [0.2, 0.25) is 0 Å². The second-order valence-corrected chi connectivity index (χ2v) is 4.52. The summed E-state index contributed by atoms with van der Waals surface area (Å²) < 4.78 is 13.9. The van der Waals surface area contributed by atoms with Crippen molar-refractivity contribution in [3.05, 3.63) is 58.9 Å². The summed E-state index contributed by atoms with van der Waals surface area (Å²) in [5.41, 5.74) is 3.48. The number of aromatic nitrogens is 2. The number of halogens is 1. The molecular formula is C15H18FN3. The zero-order valence-electron chi connectivity index (χ0n) is 11.4. The van der Waals surface area contributed by atoms with E-state index in [0.717, 1.165) is 23.5 Å². The van der Waals surface area contributed by atoms with Crippen molar-refractivity contribution in [2.75, 3.05) is 6.54 Å². The number of nitrogens with zero attached hydrogens (tertiary/aromatic N) is 2. The fourth-order valence-corrected chi connectivity index (χ4v) is 2.21. The maximum atomic E-state index is 13.9. The van der Waals surface area contributed by atoms with Gasteiger partial charge in [-0.3, -0.25) is 9.97 Å². The van der Waals surface area contributed by atoms with E-state index in [1.165, 1.54) is 6.20 Å². The number of pyridine rings is 2. The van der Waals surface area contributed by atoms with Gasteiger partial charge in [0.25, 0.3) is 0 Å². The van der Waals surface area contributed by atoms with E-state index in [0.29, 0.717) is 5.56 Å². The summed E-state index contributed by atoms with van der Waals surface area (Å²) in [4.78, 5) is 8.25. The molecule has 3 nitrogen and oxygen atoms in total. The lowest BCUT2D eigenvalue weighted by Crippen LogP contribution is -2.24. The Bertz CT molecular complexity index is 569. The van der Waals surface area contributed by atoms with Gasteiger partial charge in [-0.15, -0.1) is 0 Å². The quantitative estimate of drug-likeness (QED) is 0.917. The van der Waals surface area contributed by atoms with Crippen molar-refractivity contribution in [2.45, 2.75) is 26.8 Å². The highest BCUT2D eigenvalue weighted by molar-refractivity contribution is 5.34. The minimum atomic E-state index is -0.298. The molecule has 0 bridgehead atoms. The lowest BCUT2D eigenvalue weighted by atomic mass is 9.97. The molecule has 1 atom stereocenters. The van der Waals surface area contributed by atoms with Crippen molar-refractivity contribution in [1.29, 1.82) is 0 Å². The first-order chi connectivity index (χ1) is 9.13. The summed E-state index contributed by atoms with van der Waals surface area (Å²) >= 11 is 0. The summed E-state index contributed by atoms with van der Waals surface area (Å²) in [6, 6.07) is 5.47. The molecule has 2 rings (SSSR count). The summed E-state index contributed by atoms with van der Waals surface area (Å²) in [5.74, 6) is -0.298. The molecule has 19 heavy (non-hydrogen) atoms. The Morgan fingerprint density at radius 1 is 1.21 bits per heavy atom. The zero-order valence-corrected chi connectivity index (χ0v) is 11.4. The van der Waals surface area contributed by atoms with Crippen molar-refractivity contribution in [2.24, 2.45) is 0 Å². The third-order valence-electron chi connectivity index (χ3n) is 3.10. The Hall–Kier alpha value is -1.81. The molecule has 0 saturated heterocycles. The predicted octanol–water partition coefficient (Wildman–Crippen LogP) is 2.93. The molecule has 0 aliphatic rings. The minimum absolute atomic E-state index is 0.193. The number of rotatable bonds is 4. The van der Waals surface area contributed by atoms with E-state index >= 15 is 0 Å². The number of hydrogen-bond donors (Lipinski definition) is 1. The topological polar surface area (TPSA) is 37.8 Å². The number of nitrogens with one attached hydrogen (secondary N) is 1. The zero-order chi connectivity index (χ0) is 13.8. The summed E-state index contributed by atoms with van der Waals surface area (Å²) in [6.07, 6.45) is 2.86. The molecule has 2 aromatic rings. The van der Waals surface area contributed by atoms with Gasteiger partial charge < -0.3 is 5.32 Å². The van der Waals surface area contributed by atoms with Crippen LogP contribution in [-0.4, -0.2) is 16.5 Å². The van der Waals surface area contributed by atoms with E-state index in [1.54, 1.807) is 12.3 Å². The fraction of sp³-hybridized carbons (Fsp3) is 0.333. The smallest absolute Gasteiger partial charge is 0.146 e. The van der Waals surface area contributed by atoms with Crippen LogP contribution in [0.25, 0.3) is 0 Å². The van der Waals surface area contributed by atoms with Gasteiger partial charge in [-0.05, 0) is 38.1 Å². The first-order valence-electron chi connectivity index (χ1n) is 6.40. The van der Waals surface area contributed by atoms with Crippen molar-refractivity contribution >= 4 is 0 Å². The molecular weight excluding hydrogens is 241 g/mol. The standard InChI is InChI=1S/C15H18FN3/c1-4-18-15(13-7-8-17-9-14(13)16)12-6-5-10(2)19-11(12)3/h5-9,15,18H,4H2,1-3H3. The molecule has 0 aliphatic carbocycles. The van der Waals surface area contributed by atoms with Crippen LogP contribution in [0.1, 0.15) is 35.5 Å². The third-order valence-corrected chi connectivity index (χ3v) is 3.10. The highest BCUT2D eigenvalue weighted by Gasteiger charge is 2.19. The molecule has 4 heteroatoms. The molecule has 0 aliphatic heterocycles. The fourth-order valence-electron chi connectivity index (χ4n) is 2.21. The molecule has 1 unspecified atom stereocenters. The van der Waals surface area contributed by atoms with Crippen molar-refractivity contribution in [3.63, 3.8) is 0 Å². The summed E-state index contributed by atoms with van der Waals surface area (Å²) in [7, 11) is 0. The molecule has 0 aromatic carbocycles. The average molecular weight is 259 g/mol. The number of hydrogen-bond acceptors (Lipinski definition) is 3. The first-order valence-corrected chi connectivity index (χ1v) is 6.40. The van der Waals surface area contributed by atoms with Gasteiger partial charge in [-0.25, -0.2) is 4.39 Å². The molecule has 2 heterocycles. The van der Waals surface area contributed by atoms with Gasteiger partial charge in [-0.1, -0.05) is 13.0 Å². The van der Waals surface area contributed by atoms with E-state index in [-0.39, 0.29) is 11.9 Å². The normalized spacial score (nSPS) is 12.4. The van der Waals surface area contributed by atoms with Crippen LogP contribution in [0.3, 0.4) is 0 Å². The lowest BCUT2D eigenvalue weighted by molar-refractivity contribution is 0.552. The predicted molar refractivity (Wildman–Crippen MR) is 73.4 cm³/mol. The van der Waals surface area contributed by atoms with Gasteiger partial charge in [0.1, 0.15) is 5.82 Å². The molecule has 100 valence electrons. The number of aryl methyl sites for hydroxylation is 2. The Morgan fingerprint density at radius 2 is 2.00 bits per heavy atom. The van der Waals surface area contributed by atoms with Crippen molar-refractivity contribution in [1.82, 2.24) is 15.3 Å². The maximum Gasteiger partial charge on any atom is 0.146 e. The van der Waals surface area contributed by atoms with Crippen LogP contribution >= 0.6 is 0 Å². The second-order valence-electron chi connectivity index (χ2n) is 4.52. The Kier molecular flexibility index (Phi) is 4.22. The minimum Gasteiger partial charge on any atom is -0.306 e. The molecule has 0 saturated carbocycles. The van der Waals surface area contributed by atoms with E-state index in [1.807, 2.05) is 32.9 Å². The SMILES string of the molecule is CCNC(c1ccncc1F)c1ccc(C)nc1C. The molecule has 1 N–H and O–H groups in total. The Balaban J connectivity index is 2.48. The average Bonchev–Trinajstić information content (AvgIpc) is 2.38. The summed E-state index contributed by atoms with van der Waals surface area (Å²) in [5, 5.41) is 3.31. The van der Waals surface area contributed by atoms with Gasteiger partial charge in [0.15, 0.2) is 0 Å². The maximum absolute atomic E-state index is 13.9. The van der Waals surface area contributed by atoms with Crippen LogP contribution in [0.15, 0.2) is 30.6 Å². The van der Waals surface area contributed by atoms with Crippen LogP contribution < -0.4 is 5.32 Å². The Morgan fingerprint density at radius 3 is 2.63 bits per heavy atom. The van der Waals surface area contributed by atoms with Crippen LogP contribution in [-0.2, 0) is 0 Å². The Labute approximate surface area is 112 Å². The van der Waals surface area contributed by atoms with E-state index in [4.69, 9.17) is 0 Å². The summed E-state index contributed by atoms with van der Waals surface area (Å²) in [6.45, 7) is 6.65. The van der Waals surface area contributed by atoms with Gasteiger partial charge in [0, 0.05) is 23.1 Å². The molecule has 0 spiro atoms. The monoisotopic (exact) mass is 259 g/mol. The van der Waals surface area contributed by atoms with Crippen LogP contribution in [0.5, 0.6) is 0 Å². The molecule has 0 fully saturated rings. The van der Waals surface area contributed by atoms with Crippen LogP contribution in [0.2, 0.25) is 0 Å². The lowest BCUT2D eigenvalue weighted by Gasteiger charge is -2.21. The first kappa shape index (κ1) is 13.6. The molecule has 0 radical (unpaired) electrons. The highest BCUT2D eigenvalue weighted by atomic mass is 19.1. The second kappa shape index (κ2) is 5.89. The molecule has 0 amide bonds. The highest BCUT2D eigenvalue weighted by Crippen LogP contribution is 2.25. The van der Waals surface area contributed by atoms with Gasteiger partial charge in [0.05, 0.1) is 12.2 Å². The van der Waals surface area contributed by atoms with E-state index < -0.39 is 0 Å².